The Kier molecular flexibility index (Phi) is 5.31. The van der Waals surface area contributed by atoms with Gasteiger partial charge in [-0.25, -0.2) is 23.1 Å². The minimum atomic E-state index is -3.90. The normalized spacial score (nSPS) is 11.4. The molecule has 11 heteroatoms. The summed E-state index contributed by atoms with van der Waals surface area (Å²) in [5.41, 5.74) is 0.457. The maximum Gasteiger partial charge on any atom is 0.339 e. The fourth-order valence-corrected chi connectivity index (χ4v) is 4.00. The van der Waals surface area contributed by atoms with Gasteiger partial charge in [-0.05, 0) is 18.2 Å². The highest BCUT2D eigenvalue weighted by molar-refractivity contribution is 7.91. The van der Waals surface area contributed by atoms with Crippen LogP contribution in [-0.2, 0) is 26.2 Å². The molecule has 0 aliphatic heterocycles. The first-order valence-corrected chi connectivity index (χ1v) is 10.2. The lowest BCUT2D eigenvalue weighted by Crippen LogP contribution is -2.11. The standard InChI is InChI=1S/C17H14N2O7S2/c1-9(20)19-12-2-3-13-10(4-15(21)26-14(13)6-12)7-25-17(22)11-5-16(27-8-11)28(18,23)24/h2-6,8H,7H2,1H3,(H,19,20)(H2,18,23,24). The van der Waals surface area contributed by atoms with E-state index in [1.165, 1.54) is 24.4 Å². The first-order chi connectivity index (χ1) is 13.1. The molecule has 0 atom stereocenters. The van der Waals surface area contributed by atoms with Crippen molar-refractivity contribution in [3.8, 4) is 0 Å². The quantitative estimate of drug-likeness (QED) is 0.471. The van der Waals surface area contributed by atoms with Gasteiger partial charge in [0.15, 0.2) is 0 Å². The Morgan fingerprint density at radius 1 is 1.25 bits per heavy atom. The molecule has 0 unspecified atom stereocenters. The molecule has 0 aliphatic rings. The van der Waals surface area contributed by atoms with Gasteiger partial charge in [-0.1, -0.05) is 0 Å². The van der Waals surface area contributed by atoms with Gasteiger partial charge in [0, 0.05) is 41.1 Å². The summed E-state index contributed by atoms with van der Waals surface area (Å²) in [6.45, 7) is 1.11. The van der Waals surface area contributed by atoms with E-state index >= 15 is 0 Å². The van der Waals surface area contributed by atoms with Crippen LogP contribution in [0.3, 0.4) is 0 Å². The third-order valence-electron chi connectivity index (χ3n) is 3.60. The fraction of sp³-hybridized carbons (Fsp3) is 0.118. The van der Waals surface area contributed by atoms with Crippen molar-refractivity contribution < 1.29 is 27.2 Å². The molecule has 28 heavy (non-hydrogen) atoms. The number of fused-ring (bicyclic) bond motifs is 1. The summed E-state index contributed by atoms with van der Waals surface area (Å²) in [6.07, 6.45) is 0. The van der Waals surface area contributed by atoms with E-state index in [0.717, 1.165) is 17.4 Å². The molecule has 0 radical (unpaired) electrons. The van der Waals surface area contributed by atoms with Gasteiger partial charge in [0.2, 0.25) is 15.9 Å². The number of carbonyl (C=O) groups excluding carboxylic acids is 2. The van der Waals surface area contributed by atoms with Gasteiger partial charge in [0.1, 0.15) is 16.4 Å². The summed E-state index contributed by atoms with van der Waals surface area (Å²) in [7, 11) is -3.90. The van der Waals surface area contributed by atoms with Gasteiger partial charge in [0.25, 0.3) is 0 Å². The molecule has 0 aliphatic carbocycles. The molecule has 3 aromatic rings. The molecule has 1 amide bonds. The fourth-order valence-electron chi connectivity index (χ4n) is 2.43. The summed E-state index contributed by atoms with van der Waals surface area (Å²) in [4.78, 5) is 35.1. The van der Waals surface area contributed by atoms with E-state index in [9.17, 15) is 22.8 Å². The maximum absolute atomic E-state index is 12.2. The summed E-state index contributed by atoms with van der Waals surface area (Å²) >= 11 is 0.805. The first-order valence-electron chi connectivity index (χ1n) is 7.76. The Hall–Kier alpha value is -3.02. The van der Waals surface area contributed by atoms with Crippen LogP contribution in [0.25, 0.3) is 11.0 Å². The predicted molar refractivity (Wildman–Crippen MR) is 102 cm³/mol. The zero-order chi connectivity index (χ0) is 20.5. The molecule has 0 saturated heterocycles. The number of amides is 1. The van der Waals surface area contributed by atoms with E-state index < -0.39 is 21.6 Å². The summed E-state index contributed by atoms with van der Waals surface area (Å²) < 4.78 is 32.7. The number of nitrogens with two attached hydrogens (primary N) is 1. The summed E-state index contributed by atoms with van der Waals surface area (Å²) in [6, 6.07) is 7.04. The number of nitrogens with one attached hydrogen (secondary N) is 1. The van der Waals surface area contributed by atoms with E-state index in [2.05, 4.69) is 5.32 Å². The molecular weight excluding hydrogens is 408 g/mol. The van der Waals surface area contributed by atoms with Crippen LogP contribution in [0, 0.1) is 0 Å². The number of ether oxygens (including phenoxy) is 1. The number of hydrogen-bond acceptors (Lipinski definition) is 8. The van der Waals surface area contributed by atoms with E-state index in [-0.39, 0.29) is 27.9 Å². The molecule has 1 aromatic carbocycles. The van der Waals surface area contributed by atoms with Crippen LogP contribution in [0.4, 0.5) is 5.69 Å². The Balaban J connectivity index is 1.84. The predicted octanol–water partition coefficient (Wildman–Crippen LogP) is 1.82. The zero-order valence-corrected chi connectivity index (χ0v) is 16.1. The number of sulfonamides is 1. The van der Waals surface area contributed by atoms with Crippen LogP contribution >= 0.6 is 11.3 Å². The van der Waals surface area contributed by atoms with Crippen molar-refractivity contribution in [2.24, 2.45) is 5.14 Å². The molecule has 0 fully saturated rings. The van der Waals surface area contributed by atoms with E-state index in [1.807, 2.05) is 0 Å². The Bertz CT molecular complexity index is 1240. The Labute approximate surface area is 162 Å². The number of esters is 1. The van der Waals surface area contributed by atoms with E-state index in [0.29, 0.717) is 16.6 Å². The van der Waals surface area contributed by atoms with Crippen molar-refractivity contribution in [2.75, 3.05) is 5.32 Å². The zero-order valence-electron chi connectivity index (χ0n) is 14.4. The van der Waals surface area contributed by atoms with Crippen LogP contribution in [-0.4, -0.2) is 20.3 Å². The van der Waals surface area contributed by atoms with Crippen LogP contribution in [0.2, 0.25) is 0 Å². The van der Waals surface area contributed by atoms with Crippen molar-refractivity contribution in [1.29, 1.82) is 0 Å². The van der Waals surface area contributed by atoms with Gasteiger partial charge in [-0.15, -0.1) is 11.3 Å². The number of benzene rings is 1. The molecule has 0 spiro atoms. The number of anilines is 1. The van der Waals surface area contributed by atoms with Crippen LogP contribution in [0.5, 0.6) is 0 Å². The van der Waals surface area contributed by atoms with Crippen LogP contribution in [0.15, 0.2) is 49.1 Å². The van der Waals surface area contributed by atoms with Gasteiger partial charge >= 0.3 is 11.6 Å². The second-order valence-corrected chi connectivity index (χ2v) is 8.46. The van der Waals surface area contributed by atoms with Crippen molar-refractivity contribution >= 4 is 49.9 Å². The van der Waals surface area contributed by atoms with Gasteiger partial charge in [-0.2, -0.15) is 0 Å². The Morgan fingerprint density at radius 3 is 2.64 bits per heavy atom. The maximum atomic E-state index is 12.2. The van der Waals surface area contributed by atoms with Crippen LogP contribution in [0.1, 0.15) is 22.8 Å². The average molecular weight is 422 g/mol. The van der Waals surface area contributed by atoms with Gasteiger partial charge in [-0.3, -0.25) is 4.79 Å². The second kappa shape index (κ2) is 7.54. The molecular formula is C17H14N2O7S2. The molecule has 3 rings (SSSR count). The average Bonchev–Trinajstić information content (AvgIpc) is 3.09. The molecule has 146 valence electrons. The first kappa shape index (κ1) is 19.7. The van der Waals surface area contributed by atoms with Crippen LogP contribution < -0.4 is 16.1 Å². The minimum absolute atomic E-state index is 0.0363. The molecule has 0 bridgehead atoms. The lowest BCUT2D eigenvalue weighted by Gasteiger charge is -2.08. The molecule has 2 heterocycles. The van der Waals surface area contributed by atoms with Crippen molar-refractivity contribution in [2.45, 2.75) is 17.7 Å². The third kappa shape index (κ3) is 4.44. The number of carbonyl (C=O) groups is 2. The number of rotatable bonds is 5. The summed E-state index contributed by atoms with van der Waals surface area (Å²) in [5, 5.41) is 9.44. The van der Waals surface area contributed by atoms with E-state index in [4.69, 9.17) is 14.3 Å². The van der Waals surface area contributed by atoms with Gasteiger partial charge < -0.3 is 14.5 Å². The summed E-state index contributed by atoms with van der Waals surface area (Å²) in [5.74, 6) is -1.04. The highest BCUT2D eigenvalue weighted by Crippen LogP contribution is 2.23. The SMILES string of the molecule is CC(=O)Nc1ccc2c(COC(=O)c3csc(S(N)(=O)=O)c3)cc(=O)oc2c1. The van der Waals surface area contributed by atoms with Crippen molar-refractivity contribution in [3.63, 3.8) is 0 Å². The molecule has 2 aromatic heterocycles. The second-order valence-electron chi connectivity index (χ2n) is 5.76. The molecule has 9 nitrogen and oxygen atoms in total. The number of primary sulfonamides is 1. The van der Waals surface area contributed by atoms with Crippen molar-refractivity contribution in [3.05, 3.63) is 57.3 Å². The monoisotopic (exact) mass is 422 g/mol. The molecule has 3 N–H and O–H groups in total. The lowest BCUT2D eigenvalue weighted by molar-refractivity contribution is -0.114. The Morgan fingerprint density at radius 2 is 2.00 bits per heavy atom. The topological polar surface area (TPSA) is 146 Å². The number of hydrogen-bond donors (Lipinski definition) is 2. The third-order valence-corrected chi connectivity index (χ3v) is 5.99. The van der Waals surface area contributed by atoms with Gasteiger partial charge in [0.05, 0.1) is 5.56 Å². The smallest absolute Gasteiger partial charge is 0.339 e. The molecule has 0 saturated carbocycles. The lowest BCUT2D eigenvalue weighted by atomic mass is 10.1. The number of thiophene rings is 1. The minimum Gasteiger partial charge on any atom is -0.457 e. The largest absolute Gasteiger partial charge is 0.457 e. The highest BCUT2D eigenvalue weighted by atomic mass is 32.2. The van der Waals surface area contributed by atoms with E-state index in [1.54, 1.807) is 12.1 Å². The van der Waals surface area contributed by atoms with Crippen molar-refractivity contribution in [1.82, 2.24) is 0 Å². The highest BCUT2D eigenvalue weighted by Gasteiger charge is 2.17.